The fourth-order valence-electron chi connectivity index (χ4n) is 3.21. The number of hydrogen-bond donors (Lipinski definition) is 0. The van der Waals surface area contributed by atoms with E-state index in [1.807, 2.05) is 36.6 Å². The minimum Gasteiger partial charge on any atom is -0.460 e. The molecule has 8 nitrogen and oxygen atoms in total. The van der Waals surface area contributed by atoms with Crippen molar-refractivity contribution in [3.63, 3.8) is 0 Å². The molecular formula is C18H18N4O4S. The van der Waals surface area contributed by atoms with E-state index in [0.29, 0.717) is 17.9 Å². The van der Waals surface area contributed by atoms with Crippen molar-refractivity contribution >= 4 is 34.9 Å². The average Bonchev–Trinajstić information content (AvgIpc) is 3.39. The summed E-state index contributed by atoms with van der Waals surface area (Å²) >= 11 is 1.53. The van der Waals surface area contributed by atoms with Gasteiger partial charge in [-0.25, -0.2) is 9.80 Å². The third kappa shape index (κ3) is 3.14. The van der Waals surface area contributed by atoms with Gasteiger partial charge in [0.15, 0.2) is 0 Å². The lowest BCUT2D eigenvalue weighted by Crippen LogP contribution is -2.41. The largest absolute Gasteiger partial charge is 0.460 e. The molecule has 0 N–H and O–H groups in total. The van der Waals surface area contributed by atoms with Gasteiger partial charge in [0.2, 0.25) is 0 Å². The summed E-state index contributed by atoms with van der Waals surface area (Å²) in [7, 11) is 1.53. The first-order valence-electron chi connectivity index (χ1n) is 8.49. The molecular weight excluding hydrogens is 368 g/mol. The molecule has 4 amide bonds. The van der Waals surface area contributed by atoms with Gasteiger partial charge < -0.3 is 9.32 Å². The molecule has 2 aromatic heterocycles. The highest BCUT2D eigenvalue weighted by Gasteiger charge is 2.39. The normalized spacial score (nSPS) is 20.0. The summed E-state index contributed by atoms with van der Waals surface area (Å²) in [4.78, 5) is 40.2. The lowest BCUT2D eigenvalue weighted by atomic mass is 10.1. The van der Waals surface area contributed by atoms with E-state index < -0.39 is 11.9 Å². The third-order valence-corrected chi connectivity index (χ3v) is 5.56. The number of aryl methyl sites for hydroxylation is 1. The molecule has 1 saturated heterocycles. The summed E-state index contributed by atoms with van der Waals surface area (Å²) in [5, 5.41) is 7.78. The number of furan rings is 1. The first-order chi connectivity index (χ1) is 12.9. The number of rotatable bonds is 4. The van der Waals surface area contributed by atoms with Crippen molar-refractivity contribution in [2.24, 2.45) is 5.10 Å². The fourth-order valence-corrected chi connectivity index (χ4v) is 4.03. The Morgan fingerprint density at radius 3 is 2.74 bits per heavy atom. The van der Waals surface area contributed by atoms with Crippen LogP contribution in [0, 0.1) is 6.92 Å². The topological polar surface area (TPSA) is 86.4 Å². The molecule has 0 bridgehead atoms. The lowest BCUT2D eigenvalue weighted by Gasteiger charge is -2.22. The van der Waals surface area contributed by atoms with Gasteiger partial charge in [0.25, 0.3) is 11.8 Å². The van der Waals surface area contributed by atoms with Gasteiger partial charge in [-0.15, -0.1) is 11.3 Å². The van der Waals surface area contributed by atoms with Crippen LogP contribution in [0.2, 0.25) is 0 Å². The van der Waals surface area contributed by atoms with Gasteiger partial charge in [-0.2, -0.15) is 5.10 Å². The Labute approximate surface area is 159 Å². The Balaban J connectivity index is 1.60. The van der Waals surface area contributed by atoms with Gasteiger partial charge in [0, 0.05) is 18.3 Å². The lowest BCUT2D eigenvalue weighted by molar-refractivity contribution is -0.137. The third-order valence-electron chi connectivity index (χ3n) is 4.59. The number of carbonyl (C=O) groups is 3. The molecule has 4 rings (SSSR count). The molecule has 1 unspecified atom stereocenters. The van der Waals surface area contributed by atoms with E-state index in [1.165, 1.54) is 28.3 Å². The Kier molecular flexibility index (Phi) is 4.31. The molecule has 0 spiro atoms. The van der Waals surface area contributed by atoms with Crippen LogP contribution in [0.1, 0.15) is 28.9 Å². The second-order valence-corrected chi connectivity index (χ2v) is 7.53. The molecule has 2 aromatic rings. The fraction of sp³-hybridized carbons (Fsp3) is 0.333. The van der Waals surface area contributed by atoms with Crippen molar-refractivity contribution < 1.29 is 18.8 Å². The quantitative estimate of drug-likeness (QED) is 0.754. The standard InChI is InChI=1S/C18H18N4O4S/c1-11-5-6-14(26-11)12-8-13(15-4-3-7-27-15)22(19-12)17(24)10-21-16(23)9-20(2)18(21)25/h3-7,13H,8-10H2,1-2H3. The number of hydrazone groups is 1. The van der Waals surface area contributed by atoms with Gasteiger partial charge in [0.05, 0.1) is 6.04 Å². The van der Waals surface area contributed by atoms with E-state index in [4.69, 9.17) is 4.42 Å². The zero-order chi connectivity index (χ0) is 19.1. The number of imide groups is 1. The predicted octanol–water partition coefficient (Wildman–Crippen LogP) is 2.22. The summed E-state index contributed by atoms with van der Waals surface area (Å²) in [5.41, 5.74) is 0.672. The average molecular weight is 386 g/mol. The van der Waals surface area contributed by atoms with Gasteiger partial charge in [-0.1, -0.05) is 6.07 Å². The molecule has 1 atom stereocenters. The Morgan fingerprint density at radius 2 is 2.15 bits per heavy atom. The highest BCUT2D eigenvalue weighted by atomic mass is 32.1. The SMILES string of the molecule is Cc1ccc(C2=NN(C(=O)CN3C(=O)CN(C)C3=O)C(c3cccs3)C2)o1. The number of carbonyl (C=O) groups excluding carboxylic acids is 3. The number of urea groups is 1. The maximum Gasteiger partial charge on any atom is 0.327 e. The molecule has 0 aromatic carbocycles. The van der Waals surface area contributed by atoms with E-state index in [2.05, 4.69) is 5.10 Å². The minimum absolute atomic E-state index is 0.0132. The van der Waals surface area contributed by atoms with E-state index in [0.717, 1.165) is 15.5 Å². The molecule has 2 aliphatic rings. The molecule has 0 radical (unpaired) electrons. The first-order valence-corrected chi connectivity index (χ1v) is 9.37. The van der Waals surface area contributed by atoms with E-state index in [1.54, 1.807) is 0 Å². The van der Waals surface area contributed by atoms with Gasteiger partial charge in [-0.05, 0) is 30.5 Å². The van der Waals surface area contributed by atoms with Crippen LogP contribution in [0.5, 0.6) is 0 Å². The molecule has 2 aliphatic heterocycles. The van der Waals surface area contributed by atoms with E-state index in [9.17, 15) is 14.4 Å². The van der Waals surface area contributed by atoms with Gasteiger partial charge in [0.1, 0.15) is 30.3 Å². The summed E-state index contributed by atoms with van der Waals surface area (Å²) < 4.78 is 5.65. The Hall–Kier alpha value is -2.94. The molecule has 1 fully saturated rings. The first kappa shape index (κ1) is 17.5. The number of hydrogen-bond acceptors (Lipinski definition) is 6. The van der Waals surface area contributed by atoms with Crippen LogP contribution in [0.25, 0.3) is 0 Å². The minimum atomic E-state index is -0.467. The Bertz CT molecular complexity index is 933. The molecule has 9 heteroatoms. The van der Waals surface area contributed by atoms with E-state index in [-0.39, 0.29) is 25.0 Å². The van der Waals surface area contributed by atoms with Gasteiger partial charge >= 0.3 is 6.03 Å². The van der Waals surface area contributed by atoms with Crippen molar-refractivity contribution in [1.29, 1.82) is 0 Å². The molecule has 0 aliphatic carbocycles. The number of likely N-dealkylation sites (N-methyl/N-ethyl adjacent to an activating group) is 1. The second kappa shape index (κ2) is 6.66. The van der Waals surface area contributed by atoms with Crippen LogP contribution in [0.3, 0.4) is 0 Å². The van der Waals surface area contributed by atoms with Crippen molar-refractivity contribution in [3.05, 3.63) is 46.0 Å². The molecule has 27 heavy (non-hydrogen) atoms. The van der Waals surface area contributed by atoms with Crippen molar-refractivity contribution in [2.75, 3.05) is 20.1 Å². The maximum absolute atomic E-state index is 12.9. The van der Waals surface area contributed by atoms with Crippen molar-refractivity contribution in [1.82, 2.24) is 14.8 Å². The number of nitrogens with zero attached hydrogens (tertiary/aromatic N) is 4. The molecule has 140 valence electrons. The van der Waals surface area contributed by atoms with Crippen molar-refractivity contribution in [2.45, 2.75) is 19.4 Å². The van der Waals surface area contributed by atoms with Crippen LogP contribution >= 0.6 is 11.3 Å². The summed E-state index contributed by atoms with van der Waals surface area (Å²) in [6.07, 6.45) is 0.515. The highest BCUT2D eigenvalue weighted by Crippen LogP contribution is 2.35. The summed E-state index contributed by atoms with van der Waals surface area (Å²) in [5.74, 6) is 0.608. The maximum atomic E-state index is 12.9. The summed E-state index contributed by atoms with van der Waals surface area (Å²) in [6.45, 7) is 1.51. The van der Waals surface area contributed by atoms with Crippen LogP contribution in [0.15, 0.2) is 39.2 Å². The number of thiophene rings is 1. The van der Waals surface area contributed by atoms with Crippen LogP contribution in [0.4, 0.5) is 4.79 Å². The summed E-state index contributed by atoms with van der Waals surface area (Å²) in [6, 6.07) is 6.80. The highest BCUT2D eigenvalue weighted by molar-refractivity contribution is 7.10. The van der Waals surface area contributed by atoms with E-state index >= 15 is 0 Å². The van der Waals surface area contributed by atoms with Crippen LogP contribution < -0.4 is 0 Å². The monoisotopic (exact) mass is 386 g/mol. The van der Waals surface area contributed by atoms with Crippen molar-refractivity contribution in [3.8, 4) is 0 Å². The number of amides is 4. The Morgan fingerprint density at radius 1 is 1.33 bits per heavy atom. The smallest absolute Gasteiger partial charge is 0.327 e. The molecule has 0 saturated carbocycles. The predicted molar refractivity (Wildman–Crippen MR) is 98.2 cm³/mol. The van der Waals surface area contributed by atoms with Crippen LogP contribution in [-0.2, 0) is 9.59 Å². The molecule has 4 heterocycles. The zero-order valence-corrected chi connectivity index (χ0v) is 15.7. The second-order valence-electron chi connectivity index (χ2n) is 6.55. The van der Waals surface area contributed by atoms with Gasteiger partial charge in [-0.3, -0.25) is 14.5 Å². The zero-order valence-electron chi connectivity index (χ0n) is 14.9. The van der Waals surface area contributed by atoms with Crippen LogP contribution in [-0.4, -0.2) is 58.5 Å².